The van der Waals surface area contributed by atoms with Gasteiger partial charge in [-0.1, -0.05) is 36.4 Å². The van der Waals surface area contributed by atoms with Crippen molar-refractivity contribution in [1.29, 1.82) is 0 Å². The summed E-state index contributed by atoms with van der Waals surface area (Å²) in [7, 11) is 0. The number of halogens is 3. The molecule has 0 bridgehead atoms. The van der Waals surface area contributed by atoms with Gasteiger partial charge < -0.3 is 0 Å². The van der Waals surface area contributed by atoms with E-state index in [2.05, 4.69) is 0 Å². The molecule has 3 heteroatoms. The number of hydrogen-bond donors (Lipinski definition) is 0. The monoisotopic (exact) mass is 252 g/mol. The standard InChI is InChI=1S/C14H11ClF2/c15-12(11-6-2-4-8-14(11)17)9-10-5-1-3-7-13(10)16/h1-8,12H,9H2. The van der Waals surface area contributed by atoms with E-state index < -0.39 is 5.38 Å². The Morgan fingerprint density at radius 3 is 2.12 bits per heavy atom. The maximum absolute atomic E-state index is 13.5. The first kappa shape index (κ1) is 12.1. The van der Waals surface area contributed by atoms with Crippen LogP contribution >= 0.6 is 11.6 Å². The van der Waals surface area contributed by atoms with Gasteiger partial charge in [0.25, 0.3) is 0 Å². The normalized spacial score (nSPS) is 12.4. The predicted octanol–water partition coefficient (Wildman–Crippen LogP) is 4.49. The zero-order valence-corrected chi connectivity index (χ0v) is 9.79. The Labute approximate surface area is 104 Å². The molecule has 2 aromatic rings. The number of alkyl halides is 1. The van der Waals surface area contributed by atoms with Crippen LogP contribution in [0.15, 0.2) is 48.5 Å². The van der Waals surface area contributed by atoms with Crippen LogP contribution in [0, 0.1) is 11.6 Å². The molecule has 0 amide bonds. The van der Waals surface area contributed by atoms with Crippen LogP contribution in [-0.2, 0) is 6.42 Å². The van der Waals surface area contributed by atoms with Crippen LogP contribution in [0.5, 0.6) is 0 Å². The first-order valence-corrected chi connectivity index (χ1v) is 5.74. The third-order valence-corrected chi connectivity index (χ3v) is 2.99. The Kier molecular flexibility index (Phi) is 3.75. The highest BCUT2D eigenvalue weighted by atomic mass is 35.5. The fourth-order valence-electron chi connectivity index (χ4n) is 1.70. The van der Waals surface area contributed by atoms with Crippen molar-refractivity contribution in [1.82, 2.24) is 0 Å². The molecule has 0 aliphatic carbocycles. The molecule has 1 atom stereocenters. The molecule has 0 heterocycles. The van der Waals surface area contributed by atoms with Crippen LogP contribution in [0.3, 0.4) is 0 Å². The summed E-state index contributed by atoms with van der Waals surface area (Å²) in [6, 6.07) is 12.7. The molecule has 88 valence electrons. The van der Waals surface area contributed by atoms with Crippen molar-refractivity contribution >= 4 is 11.6 Å². The molecule has 0 nitrogen and oxygen atoms in total. The summed E-state index contributed by atoms with van der Waals surface area (Å²) >= 11 is 6.11. The minimum absolute atomic E-state index is 0.273. The molecule has 0 fully saturated rings. The number of rotatable bonds is 3. The van der Waals surface area contributed by atoms with Gasteiger partial charge in [-0.25, -0.2) is 8.78 Å². The second-order valence-corrected chi connectivity index (χ2v) is 4.31. The smallest absolute Gasteiger partial charge is 0.127 e. The maximum Gasteiger partial charge on any atom is 0.127 e. The minimum Gasteiger partial charge on any atom is -0.207 e. The van der Waals surface area contributed by atoms with Gasteiger partial charge in [0.15, 0.2) is 0 Å². The molecule has 0 radical (unpaired) electrons. The molecular weight excluding hydrogens is 242 g/mol. The SMILES string of the molecule is Fc1ccccc1CC(Cl)c1ccccc1F. The zero-order valence-electron chi connectivity index (χ0n) is 9.04. The lowest BCUT2D eigenvalue weighted by atomic mass is 10.0. The van der Waals surface area contributed by atoms with Crippen LogP contribution in [0.4, 0.5) is 8.78 Å². The Hall–Kier alpha value is -1.41. The lowest BCUT2D eigenvalue weighted by Crippen LogP contribution is -2.00. The van der Waals surface area contributed by atoms with Crippen molar-refractivity contribution in [3.8, 4) is 0 Å². The van der Waals surface area contributed by atoms with Crippen LogP contribution in [0.1, 0.15) is 16.5 Å². The van der Waals surface area contributed by atoms with Crippen LogP contribution in [0.2, 0.25) is 0 Å². The van der Waals surface area contributed by atoms with Crippen LogP contribution < -0.4 is 0 Å². The number of hydrogen-bond acceptors (Lipinski definition) is 0. The molecule has 0 N–H and O–H groups in total. The maximum atomic E-state index is 13.5. The first-order valence-electron chi connectivity index (χ1n) is 5.30. The zero-order chi connectivity index (χ0) is 12.3. The average Bonchev–Trinajstić information content (AvgIpc) is 2.32. The van der Waals surface area contributed by atoms with Gasteiger partial charge in [-0.15, -0.1) is 11.6 Å². The quantitative estimate of drug-likeness (QED) is 0.706. The van der Waals surface area contributed by atoms with E-state index in [0.29, 0.717) is 11.1 Å². The summed E-state index contributed by atoms with van der Waals surface area (Å²) in [5, 5.41) is -0.562. The lowest BCUT2D eigenvalue weighted by molar-refractivity contribution is 0.592. The van der Waals surface area contributed by atoms with Gasteiger partial charge in [-0.05, 0) is 24.1 Å². The van der Waals surface area contributed by atoms with E-state index in [9.17, 15) is 8.78 Å². The molecule has 17 heavy (non-hydrogen) atoms. The summed E-state index contributed by atoms with van der Waals surface area (Å²) in [5.41, 5.74) is 0.896. The van der Waals surface area contributed by atoms with Crippen LogP contribution in [-0.4, -0.2) is 0 Å². The minimum atomic E-state index is -0.562. The van der Waals surface area contributed by atoms with E-state index in [1.165, 1.54) is 12.1 Å². The predicted molar refractivity (Wildman–Crippen MR) is 65.1 cm³/mol. The van der Waals surface area contributed by atoms with E-state index in [1.807, 2.05) is 0 Å². The molecule has 0 saturated heterocycles. The average molecular weight is 253 g/mol. The van der Waals surface area contributed by atoms with E-state index in [0.717, 1.165) is 0 Å². The highest BCUT2D eigenvalue weighted by Crippen LogP contribution is 2.27. The van der Waals surface area contributed by atoms with Crippen LogP contribution in [0.25, 0.3) is 0 Å². The molecule has 1 unspecified atom stereocenters. The van der Waals surface area contributed by atoms with Crippen molar-refractivity contribution in [2.24, 2.45) is 0 Å². The molecule has 0 spiro atoms. The largest absolute Gasteiger partial charge is 0.207 e. The van der Waals surface area contributed by atoms with Gasteiger partial charge in [0, 0.05) is 5.56 Å². The van der Waals surface area contributed by atoms with Gasteiger partial charge >= 0.3 is 0 Å². The number of benzene rings is 2. The third-order valence-electron chi connectivity index (χ3n) is 2.60. The van der Waals surface area contributed by atoms with E-state index in [4.69, 9.17) is 11.6 Å². The summed E-state index contributed by atoms with van der Waals surface area (Å²) in [5.74, 6) is -0.668. The van der Waals surface area contributed by atoms with Gasteiger partial charge in [-0.2, -0.15) is 0 Å². The van der Waals surface area contributed by atoms with Gasteiger partial charge in [0.2, 0.25) is 0 Å². The van der Waals surface area contributed by atoms with Gasteiger partial charge in [0.05, 0.1) is 5.38 Å². The second-order valence-electron chi connectivity index (χ2n) is 3.78. The first-order chi connectivity index (χ1) is 8.18. The highest BCUT2D eigenvalue weighted by Gasteiger charge is 2.14. The van der Waals surface area contributed by atoms with Crippen molar-refractivity contribution in [2.45, 2.75) is 11.8 Å². The Morgan fingerprint density at radius 1 is 0.882 bits per heavy atom. The third kappa shape index (κ3) is 2.83. The molecule has 0 aliphatic heterocycles. The molecule has 0 saturated carbocycles. The van der Waals surface area contributed by atoms with E-state index in [1.54, 1.807) is 36.4 Å². The lowest BCUT2D eigenvalue weighted by Gasteiger charge is -2.11. The summed E-state index contributed by atoms with van der Waals surface area (Å²) in [4.78, 5) is 0. The molecule has 0 aromatic heterocycles. The van der Waals surface area contributed by atoms with Crippen molar-refractivity contribution in [2.75, 3.05) is 0 Å². The fraction of sp³-hybridized carbons (Fsp3) is 0.143. The second kappa shape index (κ2) is 5.28. The topological polar surface area (TPSA) is 0 Å². The molecule has 2 aromatic carbocycles. The van der Waals surface area contributed by atoms with E-state index in [-0.39, 0.29) is 18.1 Å². The van der Waals surface area contributed by atoms with E-state index >= 15 is 0 Å². The Morgan fingerprint density at radius 2 is 1.47 bits per heavy atom. The van der Waals surface area contributed by atoms with Crippen molar-refractivity contribution in [3.05, 3.63) is 71.3 Å². The summed E-state index contributed by atoms with van der Waals surface area (Å²) in [6.07, 6.45) is 0.273. The Bertz CT molecular complexity index is 511. The van der Waals surface area contributed by atoms with Gasteiger partial charge in [-0.3, -0.25) is 0 Å². The fourth-order valence-corrected chi connectivity index (χ4v) is 2.04. The Balaban J connectivity index is 2.20. The molecule has 0 aliphatic rings. The molecule has 2 rings (SSSR count). The molecular formula is C14H11ClF2. The van der Waals surface area contributed by atoms with Crippen molar-refractivity contribution in [3.63, 3.8) is 0 Å². The summed E-state index contributed by atoms with van der Waals surface area (Å²) in [6.45, 7) is 0. The van der Waals surface area contributed by atoms with Gasteiger partial charge in [0.1, 0.15) is 11.6 Å². The van der Waals surface area contributed by atoms with Crippen molar-refractivity contribution < 1.29 is 8.78 Å². The summed E-state index contributed by atoms with van der Waals surface area (Å²) < 4.78 is 26.9. The highest BCUT2D eigenvalue weighted by molar-refractivity contribution is 6.20.